The number of nitrogens with zero attached hydrogens (tertiary/aromatic N) is 2. The first-order valence-corrected chi connectivity index (χ1v) is 9.71. The van der Waals surface area contributed by atoms with Crippen LogP contribution in [0.3, 0.4) is 0 Å². The van der Waals surface area contributed by atoms with Crippen LogP contribution in [0.2, 0.25) is 0 Å². The van der Waals surface area contributed by atoms with Gasteiger partial charge in [0.15, 0.2) is 0 Å². The molecule has 0 saturated carbocycles. The van der Waals surface area contributed by atoms with E-state index in [4.69, 9.17) is 4.42 Å². The van der Waals surface area contributed by atoms with Crippen molar-refractivity contribution in [2.24, 2.45) is 0 Å². The van der Waals surface area contributed by atoms with Crippen LogP contribution in [0.5, 0.6) is 0 Å². The lowest BCUT2D eigenvalue weighted by Crippen LogP contribution is -2.36. The number of thiophene rings is 1. The maximum atomic E-state index is 13.0. The summed E-state index contributed by atoms with van der Waals surface area (Å²) in [7, 11) is 0. The van der Waals surface area contributed by atoms with Gasteiger partial charge in [-0.15, -0.1) is 11.3 Å². The highest BCUT2D eigenvalue weighted by molar-refractivity contribution is 7.13. The molecule has 0 aliphatic carbocycles. The van der Waals surface area contributed by atoms with Crippen LogP contribution in [-0.4, -0.2) is 17.4 Å². The van der Waals surface area contributed by atoms with E-state index in [0.29, 0.717) is 48.0 Å². The van der Waals surface area contributed by atoms with Crippen molar-refractivity contribution in [2.75, 3.05) is 11.4 Å². The van der Waals surface area contributed by atoms with Gasteiger partial charge < -0.3 is 9.32 Å². The van der Waals surface area contributed by atoms with Crippen LogP contribution in [-0.2, 0) is 23.8 Å². The second kappa shape index (κ2) is 7.09. The van der Waals surface area contributed by atoms with Crippen LogP contribution in [0.15, 0.2) is 40.1 Å². The van der Waals surface area contributed by atoms with Gasteiger partial charge in [0.1, 0.15) is 5.76 Å². The normalized spacial score (nSPS) is 14.2. The van der Waals surface area contributed by atoms with Crippen molar-refractivity contribution in [1.82, 2.24) is 4.98 Å². The summed E-state index contributed by atoms with van der Waals surface area (Å²) in [5.41, 5.74) is 0.954. The zero-order valence-electron chi connectivity index (χ0n) is 15.0. The summed E-state index contributed by atoms with van der Waals surface area (Å²) in [5, 5.41) is 1.92. The fraction of sp³-hybridized carbons (Fsp3) is 0.300. The zero-order valence-corrected chi connectivity index (χ0v) is 15.9. The van der Waals surface area contributed by atoms with E-state index < -0.39 is 11.7 Å². The summed E-state index contributed by atoms with van der Waals surface area (Å²) in [6, 6.07) is 7.35. The maximum absolute atomic E-state index is 13.0. The molecule has 0 saturated heterocycles. The van der Waals surface area contributed by atoms with Gasteiger partial charge in [-0.2, -0.15) is 13.2 Å². The van der Waals surface area contributed by atoms with E-state index in [0.717, 1.165) is 17.0 Å². The molecule has 3 aromatic rings. The number of fused-ring (bicyclic) bond motifs is 1. The van der Waals surface area contributed by atoms with Gasteiger partial charge in [-0.05, 0) is 55.0 Å². The SMILES string of the molecule is Cc1oc(-c2cccs2)nc1CC(=O)N1CCCc2cc(C(F)(F)F)ccc21. The van der Waals surface area contributed by atoms with Crippen molar-refractivity contribution >= 4 is 22.9 Å². The Morgan fingerprint density at radius 2 is 2.14 bits per heavy atom. The lowest BCUT2D eigenvalue weighted by Gasteiger charge is -2.30. The van der Waals surface area contributed by atoms with Crippen molar-refractivity contribution < 1.29 is 22.4 Å². The Balaban J connectivity index is 1.57. The van der Waals surface area contributed by atoms with Gasteiger partial charge in [0.2, 0.25) is 11.8 Å². The smallest absolute Gasteiger partial charge is 0.416 e. The van der Waals surface area contributed by atoms with Crippen molar-refractivity contribution in [3.05, 3.63) is 58.3 Å². The largest absolute Gasteiger partial charge is 0.440 e. The number of hydrogen-bond donors (Lipinski definition) is 0. The average molecular weight is 406 g/mol. The number of carbonyl (C=O) groups is 1. The van der Waals surface area contributed by atoms with Gasteiger partial charge in [0.05, 0.1) is 22.6 Å². The first kappa shape index (κ1) is 18.7. The Hall–Kier alpha value is -2.61. The minimum Gasteiger partial charge on any atom is -0.440 e. The maximum Gasteiger partial charge on any atom is 0.416 e. The van der Waals surface area contributed by atoms with Crippen LogP contribution < -0.4 is 4.90 Å². The van der Waals surface area contributed by atoms with E-state index in [9.17, 15) is 18.0 Å². The Morgan fingerprint density at radius 1 is 1.32 bits per heavy atom. The number of hydrogen-bond acceptors (Lipinski definition) is 4. The van der Waals surface area contributed by atoms with Crippen LogP contribution in [0, 0.1) is 6.92 Å². The number of aromatic nitrogens is 1. The van der Waals surface area contributed by atoms with Gasteiger partial charge >= 0.3 is 6.18 Å². The van der Waals surface area contributed by atoms with Crippen molar-refractivity contribution in [2.45, 2.75) is 32.4 Å². The molecule has 0 fully saturated rings. The molecule has 4 nitrogen and oxygen atoms in total. The highest BCUT2D eigenvalue weighted by Crippen LogP contribution is 2.35. The Bertz CT molecular complexity index is 1010. The molecule has 28 heavy (non-hydrogen) atoms. The molecule has 1 amide bonds. The van der Waals surface area contributed by atoms with E-state index in [1.165, 1.54) is 17.4 Å². The predicted octanol–water partition coefficient (Wildman–Crippen LogP) is 5.25. The highest BCUT2D eigenvalue weighted by Gasteiger charge is 2.33. The van der Waals surface area contributed by atoms with E-state index in [-0.39, 0.29) is 12.3 Å². The highest BCUT2D eigenvalue weighted by atomic mass is 32.1. The summed E-state index contributed by atoms with van der Waals surface area (Å²) >= 11 is 1.50. The van der Waals surface area contributed by atoms with E-state index in [1.807, 2.05) is 17.5 Å². The Kier molecular flexibility index (Phi) is 4.74. The zero-order chi connectivity index (χ0) is 19.9. The number of oxazole rings is 1. The molecule has 0 spiro atoms. The summed E-state index contributed by atoms with van der Waals surface area (Å²) in [4.78, 5) is 19.8. The first-order chi connectivity index (χ1) is 13.3. The van der Waals surface area contributed by atoms with Crippen LogP contribution in [0.25, 0.3) is 10.8 Å². The third-order valence-electron chi connectivity index (χ3n) is 4.77. The molecule has 2 aromatic heterocycles. The number of aryl methyl sites for hydroxylation is 2. The number of anilines is 1. The fourth-order valence-corrected chi connectivity index (χ4v) is 4.02. The summed E-state index contributed by atoms with van der Waals surface area (Å²) in [5.74, 6) is 0.848. The molecule has 8 heteroatoms. The molecule has 146 valence electrons. The summed E-state index contributed by atoms with van der Waals surface area (Å²) < 4.78 is 44.6. The number of halogens is 3. The predicted molar refractivity (Wildman–Crippen MR) is 100 cm³/mol. The second-order valence-corrected chi connectivity index (χ2v) is 7.61. The van der Waals surface area contributed by atoms with Crippen molar-refractivity contribution in [3.8, 4) is 10.8 Å². The third-order valence-corrected chi connectivity index (χ3v) is 5.63. The molecule has 0 N–H and O–H groups in total. The molecular weight excluding hydrogens is 389 g/mol. The van der Waals surface area contributed by atoms with Crippen LogP contribution in [0.4, 0.5) is 18.9 Å². The van der Waals surface area contributed by atoms with Gasteiger partial charge in [0, 0.05) is 12.2 Å². The molecular formula is C20H17F3N2O2S. The molecule has 1 aliphatic heterocycles. The molecule has 0 unspecified atom stereocenters. The number of alkyl halides is 3. The Labute approximate surface area is 163 Å². The fourth-order valence-electron chi connectivity index (χ4n) is 3.37. The first-order valence-electron chi connectivity index (χ1n) is 8.83. The third kappa shape index (κ3) is 3.56. The van der Waals surface area contributed by atoms with Gasteiger partial charge in [0.25, 0.3) is 0 Å². The van der Waals surface area contributed by atoms with Crippen LogP contribution >= 0.6 is 11.3 Å². The van der Waals surface area contributed by atoms with E-state index in [2.05, 4.69) is 4.98 Å². The molecule has 0 bridgehead atoms. The van der Waals surface area contributed by atoms with E-state index in [1.54, 1.807) is 11.8 Å². The number of carbonyl (C=O) groups excluding carboxylic acids is 1. The van der Waals surface area contributed by atoms with Gasteiger partial charge in [-0.25, -0.2) is 4.98 Å². The molecule has 4 rings (SSSR count). The molecule has 3 heterocycles. The van der Waals surface area contributed by atoms with Crippen LogP contribution in [0.1, 0.15) is 29.0 Å². The number of amides is 1. The minimum absolute atomic E-state index is 0.0428. The molecule has 1 aromatic carbocycles. The standard InChI is InChI=1S/C20H17F3N2O2S/c1-12-15(24-19(27-12)17-5-3-9-28-17)11-18(26)25-8-2-4-13-10-14(20(21,22)23)6-7-16(13)25/h3,5-7,9-10H,2,4,8,11H2,1H3. The monoisotopic (exact) mass is 406 g/mol. The lowest BCUT2D eigenvalue weighted by atomic mass is 9.98. The summed E-state index contributed by atoms with van der Waals surface area (Å²) in [6.07, 6.45) is -3.20. The van der Waals surface area contributed by atoms with Crippen molar-refractivity contribution in [1.29, 1.82) is 0 Å². The molecule has 1 aliphatic rings. The second-order valence-electron chi connectivity index (χ2n) is 6.67. The van der Waals surface area contributed by atoms with Gasteiger partial charge in [-0.3, -0.25) is 4.79 Å². The van der Waals surface area contributed by atoms with Crippen molar-refractivity contribution in [3.63, 3.8) is 0 Å². The topological polar surface area (TPSA) is 46.3 Å². The lowest BCUT2D eigenvalue weighted by molar-refractivity contribution is -0.137. The molecule has 0 atom stereocenters. The van der Waals surface area contributed by atoms with Gasteiger partial charge in [-0.1, -0.05) is 6.07 Å². The Morgan fingerprint density at radius 3 is 2.86 bits per heavy atom. The summed E-state index contributed by atoms with van der Waals surface area (Å²) in [6.45, 7) is 2.23. The average Bonchev–Trinajstić information content (AvgIpc) is 3.30. The number of rotatable bonds is 3. The quantitative estimate of drug-likeness (QED) is 0.597. The minimum atomic E-state index is -4.39. The van der Waals surface area contributed by atoms with E-state index >= 15 is 0 Å². The molecule has 0 radical (unpaired) electrons. The number of benzene rings is 1.